The highest BCUT2D eigenvalue weighted by molar-refractivity contribution is 9.10. The largest absolute Gasteiger partial charge is 0.325 e. The summed E-state index contributed by atoms with van der Waals surface area (Å²) in [5.41, 5.74) is 3.28. The number of nitrogens with one attached hydrogen (secondary N) is 1. The number of benzene rings is 2. The maximum absolute atomic E-state index is 13.7. The highest BCUT2D eigenvalue weighted by atomic mass is 79.9. The zero-order valence-corrected chi connectivity index (χ0v) is 22.9. The number of rotatable bonds is 7. The summed E-state index contributed by atoms with van der Waals surface area (Å²) >= 11 is 12.3. The molecule has 2 aromatic carbocycles. The van der Waals surface area contributed by atoms with Crippen LogP contribution in [0.25, 0.3) is 15.9 Å². The Morgan fingerprint density at radius 3 is 2.62 bits per heavy atom. The SMILES string of the molecule is CCCc1sc2nc(SCC(=O)Nc3ccc(Br)c(C)c3)n(-c3ccc(Cl)cc3)c(=O)c2c1C. The minimum atomic E-state index is -0.169. The molecule has 0 saturated carbocycles. The molecule has 2 aromatic heterocycles. The topological polar surface area (TPSA) is 64.0 Å². The molecule has 34 heavy (non-hydrogen) atoms. The zero-order valence-electron chi connectivity index (χ0n) is 18.9. The van der Waals surface area contributed by atoms with Crippen LogP contribution in [0, 0.1) is 13.8 Å². The van der Waals surface area contributed by atoms with Crippen molar-refractivity contribution >= 4 is 72.4 Å². The van der Waals surface area contributed by atoms with Crippen LogP contribution in [0.3, 0.4) is 0 Å². The Bertz CT molecular complexity index is 1430. The van der Waals surface area contributed by atoms with Gasteiger partial charge in [-0.05, 0) is 73.9 Å². The Morgan fingerprint density at radius 1 is 1.21 bits per heavy atom. The summed E-state index contributed by atoms with van der Waals surface area (Å²) in [6, 6.07) is 12.7. The molecule has 0 bridgehead atoms. The quantitative estimate of drug-likeness (QED) is 0.187. The van der Waals surface area contributed by atoms with Gasteiger partial charge < -0.3 is 5.32 Å². The highest BCUT2D eigenvalue weighted by Crippen LogP contribution is 2.31. The summed E-state index contributed by atoms with van der Waals surface area (Å²) < 4.78 is 2.56. The number of thioether (sulfide) groups is 1. The molecule has 2 heterocycles. The van der Waals surface area contributed by atoms with Crippen LogP contribution >= 0.6 is 50.6 Å². The predicted octanol–water partition coefficient (Wildman–Crippen LogP) is 7.16. The molecule has 5 nitrogen and oxygen atoms in total. The summed E-state index contributed by atoms with van der Waals surface area (Å²) in [7, 11) is 0. The summed E-state index contributed by atoms with van der Waals surface area (Å²) in [5.74, 6) is -0.0509. The van der Waals surface area contributed by atoms with Crippen molar-refractivity contribution in [3.8, 4) is 5.69 Å². The molecule has 0 saturated heterocycles. The number of fused-ring (bicyclic) bond motifs is 1. The molecular weight excluding hydrogens is 554 g/mol. The van der Waals surface area contributed by atoms with Gasteiger partial charge in [-0.2, -0.15) is 0 Å². The molecule has 4 aromatic rings. The number of anilines is 1. The Labute approximate surface area is 219 Å². The van der Waals surface area contributed by atoms with E-state index in [-0.39, 0.29) is 17.2 Å². The summed E-state index contributed by atoms with van der Waals surface area (Å²) in [6.45, 7) is 6.07. The lowest BCUT2D eigenvalue weighted by molar-refractivity contribution is -0.113. The number of halogens is 2. The third-order valence-electron chi connectivity index (χ3n) is 5.37. The molecule has 0 spiro atoms. The fourth-order valence-corrected chi connectivity index (χ4v) is 6.15. The van der Waals surface area contributed by atoms with Crippen LogP contribution < -0.4 is 10.9 Å². The first-order chi connectivity index (χ1) is 16.3. The smallest absolute Gasteiger partial charge is 0.267 e. The number of nitrogens with zero attached hydrogens (tertiary/aromatic N) is 2. The minimum absolute atomic E-state index is 0.118. The van der Waals surface area contributed by atoms with Crippen molar-refractivity contribution in [1.29, 1.82) is 0 Å². The Hall–Kier alpha value is -2.13. The van der Waals surface area contributed by atoms with Gasteiger partial charge >= 0.3 is 0 Å². The molecule has 0 aliphatic heterocycles. The van der Waals surface area contributed by atoms with E-state index in [0.29, 0.717) is 26.1 Å². The van der Waals surface area contributed by atoms with E-state index < -0.39 is 0 Å². The van der Waals surface area contributed by atoms with Gasteiger partial charge in [0.05, 0.1) is 16.8 Å². The standard InChI is InChI=1S/C25H23BrClN3O2S2/c1-4-5-20-15(3)22-23(34-20)29-25(30(24(22)32)18-9-6-16(27)7-10-18)33-13-21(31)28-17-8-11-19(26)14(2)12-17/h6-12H,4-5,13H2,1-3H3,(H,28,31). The number of amides is 1. The average Bonchev–Trinajstić information content (AvgIpc) is 3.11. The van der Waals surface area contributed by atoms with E-state index in [0.717, 1.165) is 34.1 Å². The molecule has 0 radical (unpaired) electrons. The lowest BCUT2D eigenvalue weighted by Gasteiger charge is -2.13. The lowest BCUT2D eigenvalue weighted by atomic mass is 10.1. The molecule has 1 amide bonds. The van der Waals surface area contributed by atoms with E-state index in [1.54, 1.807) is 40.2 Å². The molecule has 0 unspecified atom stereocenters. The second-order valence-corrected chi connectivity index (χ2v) is 11.2. The van der Waals surface area contributed by atoms with E-state index in [2.05, 4.69) is 28.2 Å². The van der Waals surface area contributed by atoms with Crippen molar-refractivity contribution in [1.82, 2.24) is 9.55 Å². The number of thiophene rings is 1. The van der Waals surface area contributed by atoms with Crippen molar-refractivity contribution in [2.75, 3.05) is 11.1 Å². The van der Waals surface area contributed by atoms with Gasteiger partial charge in [0, 0.05) is 20.1 Å². The number of carbonyl (C=O) groups excluding carboxylic acids is 1. The fourth-order valence-electron chi connectivity index (χ4n) is 3.64. The van der Waals surface area contributed by atoms with Gasteiger partial charge in [-0.15, -0.1) is 11.3 Å². The van der Waals surface area contributed by atoms with Gasteiger partial charge in [0.15, 0.2) is 5.16 Å². The first-order valence-electron chi connectivity index (χ1n) is 10.8. The number of hydrogen-bond donors (Lipinski definition) is 1. The van der Waals surface area contributed by atoms with Gasteiger partial charge in [-0.3, -0.25) is 14.2 Å². The van der Waals surface area contributed by atoms with Crippen LogP contribution in [0.2, 0.25) is 5.02 Å². The second kappa shape index (κ2) is 10.6. The van der Waals surface area contributed by atoms with Crippen molar-refractivity contribution in [3.05, 3.63) is 78.3 Å². The summed E-state index contributed by atoms with van der Waals surface area (Å²) in [5, 5.41) is 4.62. The number of hydrogen-bond acceptors (Lipinski definition) is 5. The summed E-state index contributed by atoms with van der Waals surface area (Å²) in [6.07, 6.45) is 1.90. The van der Waals surface area contributed by atoms with Crippen molar-refractivity contribution < 1.29 is 4.79 Å². The normalized spacial score (nSPS) is 11.2. The number of carbonyl (C=O) groups is 1. The van der Waals surface area contributed by atoms with Gasteiger partial charge in [0.2, 0.25) is 5.91 Å². The lowest BCUT2D eigenvalue weighted by Crippen LogP contribution is -2.22. The van der Waals surface area contributed by atoms with Gasteiger partial charge in [0.1, 0.15) is 4.83 Å². The van der Waals surface area contributed by atoms with Crippen molar-refractivity contribution in [2.45, 2.75) is 38.8 Å². The van der Waals surface area contributed by atoms with Crippen LogP contribution in [0.1, 0.15) is 29.3 Å². The van der Waals surface area contributed by atoms with E-state index >= 15 is 0 Å². The molecule has 0 aliphatic rings. The third-order valence-corrected chi connectivity index (χ3v) is 8.69. The molecule has 1 N–H and O–H groups in total. The van der Waals surface area contributed by atoms with E-state index in [9.17, 15) is 9.59 Å². The van der Waals surface area contributed by atoms with Crippen LogP contribution in [-0.2, 0) is 11.2 Å². The number of aryl methyl sites for hydroxylation is 3. The van der Waals surface area contributed by atoms with E-state index in [1.165, 1.54) is 16.6 Å². The van der Waals surface area contributed by atoms with E-state index in [4.69, 9.17) is 16.6 Å². The van der Waals surface area contributed by atoms with Gasteiger partial charge in [-0.1, -0.05) is 52.6 Å². The molecule has 4 rings (SSSR count). The first kappa shape index (κ1) is 25.0. The van der Waals surface area contributed by atoms with Crippen LogP contribution in [0.5, 0.6) is 0 Å². The van der Waals surface area contributed by atoms with Crippen LogP contribution in [0.4, 0.5) is 5.69 Å². The second-order valence-electron chi connectivity index (χ2n) is 7.89. The molecule has 0 aliphatic carbocycles. The molecule has 176 valence electrons. The maximum atomic E-state index is 13.7. The minimum Gasteiger partial charge on any atom is -0.325 e. The molecule has 0 fully saturated rings. The predicted molar refractivity (Wildman–Crippen MR) is 147 cm³/mol. The molecule has 0 atom stereocenters. The monoisotopic (exact) mass is 575 g/mol. The first-order valence-corrected chi connectivity index (χ1v) is 13.8. The fraction of sp³-hybridized carbons (Fsp3) is 0.240. The average molecular weight is 577 g/mol. The zero-order chi connectivity index (χ0) is 24.4. The van der Waals surface area contributed by atoms with Crippen molar-refractivity contribution in [2.24, 2.45) is 0 Å². The third kappa shape index (κ3) is 5.25. The Kier molecular flexibility index (Phi) is 7.82. The Balaban J connectivity index is 1.70. The van der Waals surface area contributed by atoms with Gasteiger partial charge in [-0.25, -0.2) is 4.98 Å². The van der Waals surface area contributed by atoms with Gasteiger partial charge in [0.25, 0.3) is 5.56 Å². The summed E-state index contributed by atoms with van der Waals surface area (Å²) in [4.78, 5) is 33.1. The number of aromatic nitrogens is 2. The molecular formula is C25H23BrClN3O2S2. The van der Waals surface area contributed by atoms with Crippen LogP contribution in [0.15, 0.2) is 56.9 Å². The molecule has 9 heteroatoms. The maximum Gasteiger partial charge on any atom is 0.267 e. The highest BCUT2D eigenvalue weighted by Gasteiger charge is 2.20. The Morgan fingerprint density at radius 2 is 1.94 bits per heavy atom. The van der Waals surface area contributed by atoms with E-state index in [1.807, 2.05) is 32.0 Å². The van der Waals surface area contributed by atoms with Crippen LogP contribution in [-0.4, -0.2) is 21.2 Å². The van der Waals surface area contributed by atoms with Crippen molar-refractivity contribution in [3.63, 3.8) is 0 Å².